The number of rotatable bonds is 26. The van der Waals surface area contributed by atoms with Gasteiger partial charge in [-0.2, -0.15) is 0 Å². The van der Waals surface area contributed by atoms with E-state index < -0.39 is 110 Å². The van der Waals surface area contributed by atoms with Crippen molar-refractivity contribution in [1.82, 2.24) is 10.6 Å². The van der Waals surface area contributed by atoms with Crippen molar-refractivity contribution < 1.29 is 80.7 Å². The number of fused-ring (bicyclic) bond motifs is 1. The minimum absolute atomic E-state index is 0.0462. The second-order valence-electron chi connectivity index (χ2n) is 21.2. The highest BCUT2D eigenvalue weighted by Crippen LogP contribution is 2.39. The summed E-state index contributed by atoms with van der Waals surface area (Å²) < 4.78 is 94.0. The second-order valence-corrected chi connectivity index (χ2v) is 21.2. The summed E-state index contributed by atoms with van der Waals surface area (Å²) in [5.74, 6) is -0.580. The van der Waals surface area contributed by atoms with Crippen LogP contribution in [0.4, 0.5) is 0 Å². The molecule has 4 fully saturated rings. The smallest absolute Gasteiger partial charge is 0.303 e. The molecule has 4 heterocycles. The van der Waals surface area contributed by atoms with E-state index in [0.29, 0.717) is 11.5 Å². The zero-order valence-electron chi connectivity index (χ0n) is 48.0. The van der Waals surface area contributed by atoms with Gasteiger partial charge in [-0.25, -0.2) is 0 Å². The topological polar surface area (TPSA) is 204 Å². The van der Waals surface area contributed by atoms with Gasteiger partial charge < -0.3 is 76.9 Å². The van der Waals surface area contributed by atoms with Gasteiger partial charge in [0.05, 0.1) is 65.5 Å². The molecule has 0 saturated carbocycles. The Labute approximate surface area is 495 Å². The average Bonchev–Trinajstić information content (AvgIpc) is 2.27. The lowest BCUT2D eigenvalue weighted by molar-refractivity contribution is -0.373. The molecule has 6 aromatic carbocycles. The van der Waals surface area contributed by atoms with Crippen molar-refractivity contribution in [2.45, 2.75) is 146 Å². The van der Waals surface area contributed by atoms with Crippen LogP contribution in [-0.2, 0) is 104 Å². The molecular weight excluding hydrogens is 1090 g/mol. The van der Waals surface area contributed by atoms with Gasteiger partial charge in [0.1, 0.15) is 73.0 Å². The molecular formula is C66H74N2O17. The van der Waals surface area contributed by atoms with Crippen molar-refractivity contribution in [3.05, 3.63) is 204 Å². The van der Waals surface area contributed by atoms with E-state index in [4.69, 9.17) is 66.3 Å². The predicted octanol–water partition coefficient (Wildman–Crippen LogP) is 7.55. The van der Waals surface area contributed by atoms with E-state index in [9.17, 15) is 14.4 Å². The van der Waals surface area contributed by atoms with Crippen molar-refractivity contribution >= 4 is 17.8 Å². The Hall–Kier alpha value is -7.11. The molecule has 4 aliphatic heterocycles. The zero-order valence-corrected chi connectivity index (χ0v) is 48.0. The van der Waals surface area contributed by atoms with Crippen LogP contribution >= 0.6 is 0 Å². The molecule has 0 radical (unpaired) electrons. The minimum Gasteiger partial charge on any atom is -0.497 e. The molecule has 450 valence electrons. The highest BCUT2D eigenvalue weighted by molar-refractivity contribution is 5.78. The van der Waals surface area contributed by atoms with Gasteiger partial charge in [-0.05, 0) is 59.0 Å². The second kappa shape index (κ2) is 30.3. The fraction of sp³-hybridized carbons (Fsp3) is 0.409. The van der Waals surface area contributed by atoms with Gasteiger partial charge in [0.25, 0.3) is 0 Å². The van der Waals surface area contributed by atoms with Gasteiger partial charge in [-0.1, -0.05) is 152 Å². The summed E-state index contributed by atoms with van der Waals surface area (Å²) in [6.45, 7) is 4.88. The normalized spacial score (nSPS) is 28.3. The Morgan fingerprint density at radius 1 is 0.518 bits per heavy atom. The maximum atomic E-state index is 13.8. The molecule has 4 aliphatic rings. The summed E-state index contributed by atoms with van der Waals surface area (Å²) in [6.07, 6.45) is -14.3. The number of benzene rings is 6. The number of methoxy groups -OCH3 is 1. The van der Waals surface area contributed by atoms with E-state index in [1.54, 1.807) is 31.4 Å². The van der Waals surface area contributed by atoms with Crippen LogP contribution in [0.3, 0.4) is 0 Å². The van der Waals surface area contributed by atoms with Crippen LogP contribution in [0.25, 0.3) is 0 Å². The maximum absolute atomic E-state index is 13.8. The average molecular weight is 1170 g/mol. The summed E-state index contributed by atoms with van der Waals surface area (Å²) in [4.78, 5) is 40.2. The van der Waals surface area contributed by atoms with Crippen LogP contribution in [0, 0.1) is 0 Å². The van der Waals surface area contributed by atoms with E-state index >= 15 is 0 Å². The van der Waals surface area contributed by atoms with E-state index in [2.05, 4.69) is 10.6 Å². The summed E-state index contributed by atoms with van der Waals surface area (Å²) in [5, 5.41) is 6.08. The lowest BCUT2D eigenvalue weighted by atomic mass is 9.93. The summed E-state index contributed by atoms with van der Waals surface area (Å²) in [6, 6.07) is 53.4. The first-order valence-corrected chi connectivity index (χ1v) is 28.7. The number of ether oxygens (including phenoxy) is 14. The summed E-state index contributed by atoms with van der Waals surface area (Å²) >= 11 is 0. The number of nitrogens with one attached hydrogen (secondary N) is 2. The van der Waals surface area contributed by atoms with Gasteiger partial charge in [0.2, 0.25) is 18.1 Å². The molecule has 10 rings (SSSR count). The predicted molar refractivity (Wildman–Crippen MR) is 307 cm³/mol. The lowest BCUT2D eigenvalue weighted by Gasteiger charge is -2.52. The van der Waals surface area contributed by atoms with Gasteiger partial charge in [0.15, 0.2) is 18.7 Å². The standard InChI is InChI=1S/C66H74N2O17/c1-42-57(75-36-47-24-14-7-15-25-47)61(76-37-48-26-16-8-17-27-48)62(77-38-49-28-18-9-19-29-49)65(79-42)85-60-56(67-43(2)69)64(81-51-32-30-50(72-4)31-33-51)83-53(40-74-35-46-22-12-6-13-23-46)58(60)84-66-63(80-44(3)70)59-55(68-54(71)41-78-59)52(82-66)39-73-34-45-20-10-5-11-21-45/h5-33,42,52-53,55-66H,34-41H2,1-4H3,(H,67,69)(H,68,71)/t42-,52+,53+,55-,56+,57+,58+,59-,60+,61+,62-,63+,64+,65-,66-/m0/s1. The fourth-order valence-corrected chi connectivity index (χ4v) is 10.9. The molecule has 4 saturated heterocycles. The van der Waals surface area contributed by atoms with Gasteiger partial charge in [-0.3, -0.25) is 14.4 Å². The molecule has 0 spiro atoms. The Kier molecular flexibility index (Phi) is 21.7. The molecule has 0 aromatic heterocycles. The quantitative estimate of drug-likeness (QED) is 0.0503. The highest BCUT2D eigenvalue weighted by Gasteiger charge is 2.58. The van der Waals surface area contributed by atoms with Crippen LogP contribution in [0.5, 0.6) is 11.5 Å². The Bertz CT molecular complexity index is 2990. The molecule has 2 amide bonds. The third-order valence-corrected chi connectivity index (χ3v) is 15.0. The van der Waals surface area contributed by atoms with Crippen molar-refractivity contribution in [3.8, 4) is 11.5 Å². The van der Waals surface area contributed by atoms with Crippen LogP contribution in [0.2, 0.25) is 0 Å². The first-order valence-electron chi connectivity index (χ1n) is 28.7. The van der Waals surface area contributed by atoms with E-state index in [1.165, 1.54) is 13.8 Å². The number of morpholine rings is 1. The molecule has 19 heteroatoms. The first kappa shape index (κ1) is 61.0. The largest absolute Gasteiger partial charge is 0.497 e. The number of amides is 2. The first-order chi connectivity index (χ1) is 41.5. The third-order valence-electron chi connectivity index (χ3n) is 15.0. The molecule has 0 unspecified atom stereocenters. The molecule has 0 bridgehead atoms. The Morgan fingerprint density at radius 2 is 0.976 bits per heavy atom. The zero-order chi connectivity index (χ0) is 58.9. The van der Waals surface area contributed by atoms with Gasteiger partial charge >= 0.3 is 5.97 Å². The fourth-order valence-electron chi connectivity index (χ4n) is 10.9. The lowest BCUT2D eigenvalue weighted by Crippen LogP contribution is -2.72. The van der Waals surface area contributed by atoms with Crippen LogP contribution in [-0.4, -0.2) is 137 Å². The number of hydrogen-bond donors (Lipinski definition) is 2. The Balaban J connectivity index is 1.07. The maximum Gasteiger partial charge on any atom is 0.303 e. The van der Waals surface area contributed by atoms with Crippen molar-refractivity contribution in [2.24, 2.45) is 0 Å². The van der Waals surface area contributed by atoms with Crippen molar-refractivity contribution in [3.63, 3.8) is 0 Å². The minimum atomic E-state index is -1.46. The highest BCUT2D eigenvalue weighted by atomic mass is 16.8. The summed E-state index contributed by atoms with van der Waals surface area (Å²) in [5.41, 5.74) is 4.50. The van der Waals surface area contributed by atoms with E-state index in [-0.39, 0.29) is 52.9 Å². The van der Waals surface area contributed by atoms with Gasteiger partial charge in [0, 0.05) is 13.8 Å². The number of esters is 1. The van der Waals surface area contributed by atoms with Crippen molar-refractivity contribution in [2.75, 3.05) is 26.9 Å². The van der Waals surface area contributed by atoms with Gasteiger partial charge in [-0.15, -0.1) is 0 Å². The third kappa shape index (κ3) is 16.7. The number of hydrogen-bond acceptors (Lipinski definition) is 17. The van der Waals surface area contributed by atoms with E-state index in [0.717, 1.165) is 27.8 Å². The molecule has 15 atom stereocenters. The molecule has 0 aliphatic carbocycles. The molecule has 85 heavy (non-hydrogen) atoms. The van der Waals surface area contributed by atoms with Crippen LogP contribution < -0.4 is 20.1 Å². The SMILES string of the molecule is COc1ccc(O[C@@H]2O[C@H](COCc3ccccc3)[C@@H](O[C@@H]3O[C@H](COCc4ccccc4)[C@@H]4NC(=O)CO[C@@H]4[C@H]3OC(C)=O)[C@H](O[C@@H]3O[C@@H](C)[C@@H](OCc4ccccc4)[C@@H](OCc4ccccc4)[C@@H]3OCc3ccccc3)[C@H]2NC(C)=O)cc1. The van der Waals surface area contributed by atoms with E-state index in [1.807, 2.05) is 159 Å². The molecule has 19 nitrogen and oxygen atoms in total. The number of carbonyl (C=O) groups excluding carboxylic acids is 3. The van der Waals surface area contributed by atoms with Crippen molar-refractivity contribution in [1.29, 1.82) is 0 Å². The van der Waals surface area contributed by atoms with Crippen LogP contribution in [0.1, 0.15) is 48.6 Å². The number of carbonyl (C=O) groups is 3. The Morgan fingerprint density at radius 3 is 1.49 bits per heavy atom. The van der Waals surface area contributed by atoms with Crippen LogP contribution in [0.15, 0.2) is 176 Å². The summed E-state index contributed by atoms with van der Waals surface area (Å²) in [7, 11) is 1.56. The molecule has 6 aromatic rings. The monoisotopic (exact) mass is 1170 g/mol. The molecule has 2 N–H and O–H groups in total.